The van der Waals surface area contributed by atoms with Gasteiger partial charge in [-0.15, -0.1) is 11.3 Å². The first kappa shape index (κ1) is 21.9. The first-order chi connectivity index (χ1) is 15.2. The number of benzene rings is 1. The maximum Gasteiger partial charge on any atom is 0.433 e. The Morgan fingerprint density at radius 3 is 2.59 bits per heavy atom. The minimum atomic E-state index is -4.57. The van der Waals surface area contributed by atoms with Crippen LogP contribution in [0.5, 0.6) is 0 Å². The number of hydrogen-bond donors (Lipinski definition) is 4. The van der Waals surface area contributed by atoms with E-state index in [1.165, 1.54) is 29.0 Å². The minimum Gasteiger partial charge on any atom is -0.361 e. The molecule has 2 atom stereocenters. The molecule has 4 rings (SSSR count). The molecule has 2 amide bonds. The molecule has 166 valence electrons. The second-order valence-corrected chi connectivity index (χ2v) is 7.68. The highest BCUT2D eigenvalue weighted by molar-refractivity contribution is 7.07. The summed E-state index contributed by atoms with van der Waals surface area (Å²) in [5.41, 5.74) is 0.220. The van der Waals surface area contributed by atoms with Crippen LogP contribution in [0.2, 0.25) is 0 Å². The van der Waals surface area contributed by atoms with Crippen LogP contribution in [0.15, 0.2) is 53.5 Å². The second-order valence-electron chi connectivity index (χ2n) is 6.96. The normalized spacial score (nSPS) is 20.8. The van der Waals surface area contributed by atoms with E-state index in [2.05, 4.69) is 25.9 Å². The molecule has 0 saturated carbocycles. The Kier molecular flexibility index (Phi) is 5.67. The van der Waals surface area contributed by atoms with E-state index < -0.39 is 35.6 Å². The molecule has 2 unspecified atom stereocenters. The molecule has 0 bridgehead atoms. The third-order valence-electron chi connectivity index (χ3n) is 4.96. The average Bonchev–Trinajstić information content (AvgIpc) is 3.40. The summed E-state index contributed by atoms with van der Waals surface area (Å²) in [5.74, 6) is -1.12. The summed E-state index contributed by atoms with van der Waals surface area (Å²) in [6, 6.07) is 8.42. The van der Waals surface area contributed by atoms with Gasteiger partial charge in [0.25, 0.3) is 11.8 Å². The monoisotopic (exact) mass is 463 g/mol. The van der Waals surface area contributed by atoms with Crippen molar-refractivity contribution in [2.75, 3.05) is 6.54 Å². The van der Waals surface area contributed by atoms with Crippen LogP contribution in [0.4, 0.5) is 13.2 Å². The van der Waals surface area contributed by atoms with E-state index in [0.29, 0.717) is 16.8 Å². The molecule has 1 saturated heterocycles. The van der Waals surface area contributed by atoms with Crippen molar-refractivity contribution in [1.29, 1.82) is 0 Å². The Bertz CT molecular complexity index is 1140. The van der Waals surface area contributed by atoms with Crippen LogP contribution >= 0.6 is 11.3 Å². The van der Waals surface area contributed by atoms with Gasteiger partial charge in [-0.1, -0.05) is 24.3 Å². The van der Waals surface area contributed by atoms with Gasteiger partial charge in [0, 0.05) is 22.7 Å². The van der Waals surface area contributed by atoms with Gasteiger partial charge in [-0.2, -0.15) is 13.2 Å². The van der Waals surface area contributed by atoms with E-state index >= 15 is 0 Å². The van der Waals surface area contributed by atoms with Crippen molar-refractivity contribution in [2.24, 2.45) is 0 Å². The lowest BCUT2D eigenvalue weighted by Crippen LogP contribution is -2.53. The highest BCUT2D eigenvalue weighted by Gasteiger charge is 2.49. The maximum atomic E-state index is 13.0. The predicted octanol–water partition coefficient (Wildman–Crippen LogP) is 1.84. The Balaban J connectivity index is 1.59. The average molecular weight is 463 g/mol. The fourth-order valence-corrected chi connectivity index (χ4v) is 4.01. The molecule has 3 aromatic rings. The van der Waals surface area contributed by atoms with Crippen molar-refractivity contribution in [2.45, 2.75) is 18.1 Å². The SMILES string of the molecule is O=C(NCC1(c2cscn2)NC(O)NC1=O)c1ccccc1-c1ccc(C(F)(F)F)nc1. The number of halogens is 3. The molecular weight excluding hydrogens is 447 g/mol. The van der Waals surface area contributed by atoms with Crippen molar-refractivity contribution >= 4 is 23.2 Å². The van der Waals surface area contributed by atoms with E-state index in [0.717, 1.165) is 12.3 Å². The zero-order valence-corrected chi connectivity index (χ0v) is 17.0. The van der Waals surface area contributed by atoms with Crippen molar-refractivity contribution in [3.8, 4) is 11.1 Å². The quantitative estimate of drug-likeness (QED) is 0.459. The molecule has 2 aromatic heterocycles. The second kappa shape index (κ2) is 8.30. The van der Waals surface area contributed by atoms with Crippen LogP contribution in [-0.4, -0.2) is 39.8 Å². The Labute approximate surface area is 183 Å². The lowest BCUT2D eigenvalue weighted by Gasteiger charge is -2.25. The minimum absolute atomic E-state index is 0.182. The molecule has 1 fully saturated rings. The third-order valence-corrected chi connectivity index (χ3v) is 5.55. The molecule has 32 heavy (non-hydrogen) atoms. The van der Waals surface area contributed by atoms with Crippen LogP contribution in [-0.2, 0) is 16.5 Å². The van der Waals surface area contributed by atoms with Gasteiger partial charge in [0.05, 0.1) is 17.7 Å². The fourth-order valence-electron chi connectivity index (χ4n) is 3.38. The van der Waals surface area contributed by atoms with Gasteiger partial charge in [-0.25, -0.2) is 4.98 Å². The van der Waals surface area contributed by atoms with Gasteiger partial charge in [-0.3, -0.25) is 19.9 Å². The van der Waals surface area contributed by atoms with Crippen LogP contribution in [0.3, 0.4) is 0 Å². The Morgan fingerprint density at radius 2 is 2.00 bits per heavy atom. The summed E-state index contributed by atoms with van der Waals surface area (Å²) in [7, 11) is 0. The number of aromatic nitrogens is 2. The van der Waals surface area contributed by atoms with Gasteiger partial charge >= 0.3 is 6.18 Å². The predicted molar refractivity (Wildman–Crippen MR) is 108 cm³/mol. The Morgan fingerprint density at radius 1 is 1.22 bits per heavy atom. The number of nitrogens with zero attached hydrogens (tertiary/aromatic N) is 2. The fraction of sp³-hybridized carbons (Fsp3) is 0.200. The van der Waals surface area contributed by atoms with Crippen molar-refractivity contribution in [3.63, 3.8) is 0 Å². The summed E-state index contributed by atoms with van der Waals surface area (Å²) in [6.45, 7) is -0.224. The van der Waals surface area contributed by atoms with Crippen LogP contribution in [0, 0.1) is 0 Å². The molecule has 0 spiro atoms. The number of amides is 2. The van der Waals surface area contributed by atoms with E-state index in [1.807, 2.05) is 0 Å². The summed E-state index contributed by atoms with van der Waals surface area (Å²) in [6.07, 6.45) is -4.83. The van der Waals surface area contributed by atoms with Gasteiger partial charge in [0.2, 0.25) is 0 Å². The zero-order valence-electron chi connectivity index (χ0n) is 16.2. The molecule has 1 aromatic carbocycles. The van der Waals surface area contributed by atoms with Crippen molar-refractivity contribution in [1.82, 2.24) is 25.9 Å². The van der Waals surface area contributed by atoms with Crippen LogP contribution in [0.1, 0.15) is 21.7 Å². The molecule has 4 N–H and O–H groups in total. The van der Waals surface area contributed by atoms with E-state index in [4.69, 9.17) is 0 Å². The number of carbonyl (C=O) groups excluding carboxylic acids is 2. The number of pyridine rings is 1. The van der Waals surface area contributed by atoms with Gasteiger partial charge < -0.3 is 15.7 Å². The maximum absolute atomic E-state index is 13.0. The number of nitrogens with one attached hydrogen (secondary N) is 3. The standard InChI is InChI=1S/C20H16F3N5O3S/c21-20(22,23)14-6-5-11(7-24-14)12-3-1-2-4-13(12)16(29)25-9-19(15-8-32-10-26-15)17(30)27-18(31)28-19/h1-8,10,18,28,31H,9H2,(H,25,29)(H,27,30). The number of carbonyl (C=O) groups is 2. The summed E-state index contributed by atoms with van der Waals surface area (Å²) in [5, 5.41) is 19.1. The molecule has 0 aliphatic carbocycles. The smallest absolute Gasteiger partial charge is 0.361 e. The van der Waals surface area contributed by atoms with Crippen molar-refractivity contribution in [3.05, 3.63) is 70.4 Å². The lowest BCUT2D eigenvalue weighted by atomic mass is 9.95. The molecule has 8 nitrogen and oxygen atoms in total. The van der Waals surface area contributed by atoms with Crippen molar-refractivity contribution < 1.29 is 27.9 Å². The van der Waals surface area contributed by atoms with Gasteiger partial charge in [-0.05, 0) is 17.7 Å². The van der Waals surface area contributed by atoms with E-state index in [9.17, 15) is 27.9 Å². The summed E-state index contributed by atoms with van der Waals surface area (Å²) in [4.78, 5) is 33.1. The third kappa shape index (κ3) is 4.07. The molecule has 0 radical (unpaired) electrons. The first-order valence-corrected chi connectivity index (χ1v) is 10.2. The van der Waals surface area contributed by atoms with Gasteiger partial charge in [0.15, 0.2) is 11.9 Å². The molecular formula is C20H16F3N5O3S. The highest BCUT2D eigenvalue weighted by atomic mass is 32.1. The lowest BCUT2D eigenvalue weighted by molar-refractivity contribution is -0.141. The largest absolute Gasteiger partial charge is 0.433 e. The first-order valence-electron chi connectivity index (χ1n) is 9.27. The molecule has 3 heterocycles. The molecule has 1 aliphatic rings. The summed E-state index contributed by atoms with van der Waals surface area (Å²) >= 11 is 1.25. The molecule has 1 aliphatic heterocycles. The Hall–Kier alpha value is -3.35. The van der Waals surface area contributed by atoms with E-state index in [1.54, 1.807) is 23.6 Å². The number of rotatable bonds is 5. The molecule has 12 heteroatoms. The topological polar surface area (TPSA) is 116 Å². The van der Waals surface area contributed by atoms with E-state index in [-0.39, 0.29) is 12.1 Å². The number of aliphatic hydroxyl groups is 1. The number of alkyl halides is 3. The number of thiazole rings is 1. The van der Waals surface area contributed by atoms with Crippen LogP contribution in [0.25, 0.3) is 11.1 Å². The number of aliphatic hydroxyl groups excluding tert-OH is 1. The van der Waals surface area contributed by atoms with Gasteiger partial charge in [0.1, 0.15) is 5.69 Å². The summed E-state index contributed by atoms with van der Waals surface area (Å²) < 4.78 is 38.4. The van der Waals surface area contributed by atoms with Crippen LogP contribution < -0.4 is 16.0 Å². The zero-order chi connectivity index (χ0) is 22.9. The highest BCUT2D eigenvalue weighted by Crippen LogP contribution is 2.30. The number of hydrogen-bond acceptors (Lipinski definition) is 7.